The predicted octanol–water partition coefficient (Wildman–Crippen LogP) is 6.77. The van der Waals surface area contributed by atoms with Gasteiger partial charge in [-0.05, 0) is 62.2 Å². The van der Waals surface area contributed by atoms with E-state index in [0.717, 1.165) is 45.0 Å². The first kappa shape index (κ1) is 20.2. The fourth-order valence-electron chi connectivity index (χ4n) is 4.70. The molecule has 1 aliphatic carbocycles. The molecule has 6 rings (SSSR count). The highest BCUT2D eigenvalue weighted by Crippen LogP contribution is 2.45. The molecule has 3 aromatic carbocycles. The van der Waals surface area contributed by atoms with Crippen molar-refractivity contribution >= 4 is 23.4 Å². The normalized spacial score (nSPS) is 15.9. The monoisotopic (exact) mass is 453 g/mol. The number of fused-ring (bicyclic) bond motifs is 2. The van der Waals surface area contributed by atoms with Gasteiger partial charge in [-0.15, -0.1) is 0 Å². The SMILES string of the molecule is Cc1ccc(-c2nc(-c3ccc4c(c3)Sc3ccccc3C(=O)N4C3CCCC3)no2)cc1. The van der Waals surface area contributed by atoms with Gasteiger partial charge in [-0.1, -0.05) is 59.6 Å². The van der Waals surface area contributed by atoms with Crippen molar-refractivity contribution in [2.24, 2.45) is 0 Å². The zero-order chi connectivity index (χ0) is 22.4. The van der Waals surface area contributed by atoms with Crippen molar-refractivity contribution in [2.75, 3.05) is 4.90 Å². The van der Waals surface area contributed by atoms with Gasteiger partial charge < -0.3 is 9.42 Å². The topological polar surface area (TPSA) is 59.2 Å². The summed E-state index contributed by atoms with van der Waals surface area (Å²) in [6.45, 7) is 2.05. The highest BCUT2D eigenvalue weighted by molar-refractivity contribution is 7.99. The molecule has 33 heavy (non-hydrogen) atoms. The van der Waals surface area contributed by atoms with Crippen LogP contribution in [0.4, 0.5) is 5.69 Å². The molecule has 6 heteroatoms. The largest absolute Gasteiger partial charge is 0.334 e. The first-order chi connectivity index (χ1) is 16.2. The summed E-state index contributed by atoms with van der Waals surface area (Å²) in [6, 6.07) is 22.3. The number of aryl methyl sites for hydroxylation is 1. The quantitative estimate of drug-likeness (QED) is 0.343. The summed E-state index contributed by atoms with van der Waals surface area (Å²) in [5, 5.41) is 4.24. The predicted molar refractivity (Wildman–Crippen MR) is 130 cm³/mol. The van der Waals surface area contributed by atoms with Crippen LogP contribution in [0.5, 0.6) is 0 Å². The van der Waals surface area contributed by atoms with Crippen LogP contribution in [0.25, 0.3) is 22.8 Å². The molecule has 1 amide bonds. The summed E-state index contributed by atoms with van der Waals surface area (Å²) in [5.74, 6) is 1.14. The lowest BCUT2D eigenvalue weighted by molar-refractivity contribution is 0.0974. The van der Waals surface area contributed by atoms with Gasteiger partial charge in [-0.2, -0.15) is 4.98 Å². The molecular formula is C27H23N3O2S. The Bertz CT molecular complexity index is 1340. The summed E-state index contributed by atoms with van der Waals surface area (Å²) in [4.78, 5) is 22.3. The molecule has 1 aromatic heterocycles. The van der Waals surface area contributed by atoms with Crippen LogP contribution in [0, 0.1) is 6.92 Å². The highest BCUT2D eigenvalue weighted by atomic mass is 32.2. The van der Waals surface area contributed by atoms with E-state index < -0.39 is 0 Å². The summed E-state index contributed by atoms with van der Waals surface area (Å²) < 4.78 is 5.56. The van der Waals surface area contributed by atoms with Gasteiger partial charge in [0.1, 0.15) is 0 Å². The van der Waals surface area contributed by atoms with Crippen LogP contribution in [0.1, 0.15) is 41.6 Å². The second kappa shape index (κ2) is 8.19. The number of rotatable bonds is 3. The molecule has 0 radical (unpaired) electrons. The number of hydrogen-bond donors (Lipinski definition) is 0. The maximum Gasteiger partial charge on any atom is 0.259 e. The van der Waals surface area contributed by atoms with Crippen molar-refractivity contribution < 1.29 is 9.32 Å². The molecule has 0 unspecified atom stereocenters. The number of nitrogens with zero attached hydrogens (tertiary/aromatic N) is 3. The molecule has 5 nitrogen and oxygen atoms in total. The van der Waals surface area contributed by atoms with Crippen molar-refractivity contribution in [3.8, 4) is 22.8 Å². The van der Waals surface area contributed by atoms with Crippen molar-refractivity contribution in [3.05, 3.63) is 77.9 Å². The third kappa shape index (κ3) is 3.64. The number of anilines is 1. The van der Waals surface area contributed by atoms with Crippen molar-refractivity contribution in [2.45, 2.75) is 48.4 Å². The maximum absolute atomic E-state index is 13.6. The standard InChI is InChI=1S/C27H23N3O2S/c1-17-10-12-18(13-11-17)26-28-25(29-32-26)19-14-15-22-24(16-19)33-23-9-5-4-8-21(23)27(31)30(22)20-6-2-3-7-20/h4-5,8-16,20H,2-3,6-7H2,1H3. The van der Waals surface area contributed by atoms with Crippen molar-refractivity contribution in [1.82, 2.24) is 10.1 Å². The number of amides is 1. The summed E-state index contributed by atoms with van der Waals surface area (Å²) in [7, 11) is 0. The third-order valence-corrected chi connectivity index (χ3v) is 7.57. The second-order valence-corrected chi connectivity index (χ2v) is 9.77. The number of aromatic nitrogens is 2. The van der Waals surface area contributed by atoms with Crippen LogP contribution in [0.3, 0.4) is 0 Å². The number of carbonyl (C=O) groups is 1. The third-order valence-electron chi connectivity index (χ3n) is 6.45. The van der Waals surface area contributed by atoms with E-state index in [1.54, 1.807) is 11.8 Å². The zero-order valence-electron chi connectivity index (χ0n) is 18.3. The number of hydrogen-bond acceptors (Lipinski definition) is 5. The fraction of sp³-hybridized carbons (Fsp3) is 0.222. The van der Waals surface area contributed by atoms with Crippen molar-refractivity contribution in [1.29, 1.82) is 0 Å². The number of benzene rings is 3. The molecule has 1 aliphatic heterocycles. The van der Waals surface area contributed by atoms with Crippen LogP contribution < -0.4 is 4.90 Å². The molecule has 0 atom stereocenters. The lowest BCUT2D eigenvalue weighted by Gasteiger charge is -2.29. The van der Waals surface area contributed by atoms with E-state index in [1.807, 2.05) is 72.5 Å². The first-order valence-electron chi connectivity index (χ1n) is 11.3. The Morgan fingerprint density at radius 1 is 0.939 bits per heavy atom. The molecule has 1 fully saturated rings. The Morgan fingerprint density at radius 2 is 1.70 bits per heavy atom. The van der Waals surface area contributed by atoms with Gasteiger partial charge in [0.15, 0.2) is 0 Å². The van der Waals surface area contributed by atoms with Crippen LogP contribution in [0.15, 0.2) is 81.0 Å². The molecule has 0 bridgehead atoms. The molecule has 0 saturated heterocycles. The molecule has 2 heterocycles. The van der Waals surface area contributed by atoms with Gasteiger partial charge >= 0.3 is 0 Å². The van der Waals surface area contributed by atoms with Gasteiger partial charge in [0, 0.05) is 27.0 Å². The Kier molecular flexibility index (Phi) is 5.03. The molecule has 4 aromatic rings. The Hall–Kier alpha value is -3.38. The lowest BCUT2D eigenvalue weighted by atomic mass is 10.1. The maximum atomic E-state index is 13.6. The van der Waals surface area contributed by atoms with Crippen molar-refractivity contribution in [3.63, 3.8) is 0 Å². The fourth-order valence-corrected chi connectivity index (χ4v) is 5.81. The van der Waals surface area contributed by atoms with Gasteiger partial charge in [0.05, 0.1) is 11.3 Å². The highest BCUT2D eigenvalue weighted by Gasteiger charge is 2.34. The van der Waals surface area contributed by atoms with Crippen LogP contribution in [-0.4, -0.2) is 22.1 Å². The minimum Gasteiger partial charge on any atom is -0.334 e. The zero-order valence-corrected chi connectivity index (χ0v) is 19.1. The average molecular weight is 454 g/mol. The molecule has 164 valence electrons. The molecule has 2 aliphatic rings. The Morgan fingerprint density at radius 3 is 2.52 bits per heavy atom. The minimum absolute atomic E-state index is 0.0951. The van der Waals surface area contributed by atoms with E-state index in [2.05, 4.69) is 16.2 Å². The summed E-state index contributed by atoms with van der Waals surface area (Å²) in [5.41, 5.74) is 4.70. The first-order valence-corrected chi connectivity index (χ1v) is 12.1. The van der Waals surface area contributed by atoms with Gasteiger partial charge in [0.2, 0.25) is 5.82 Å². The molecule has 0 N–H and O–H groups in total. The van der Waals surface area contributed by atoms with E-state index in [4.69, 9.17) is 4.52 Å². The Balaban J connectivity index is 1.42. The summed E-state index contributed by atoms with van der Waals surface area (Å²) >= 11 is 1.63. The van der Waals surface area contributed by atoms with Crippen LogP contribution in [0.2, 0.25) is 0 Å². The minimum atomic E-state index is 0.0951. The molecule has 1 saturated carbocycles. The van der Waals surface area contributed by atoms with E-state index >= 15 is 0 Å². The average Bonchev–Trinajstić information content (AvgIpc) is 3.52. The smallest absolute Gasteiger partial charge is 0.259 e. The van der Waals surface area contributed by atoms with Gasteiger partial charge in [-0.3, -0.25) is 4.79 Å². The van der Waals surface area contributed by atoms with E-state index in [-0.39, 0.29) is 11.9 Å². The van der Waals surface area contributed by atoms with Crippen LogP contribution >= 0.6 is 11.8 Å². The number of carbonyl (C=O) groups excluding carboxylic acids is 1. The van der Waals surface area contributed by atoms with Crippen LogP contribution in [-0.2, 0) is 0 Å². The van der Waals surface area contributed by atoms with E-state index in [0.29, 0.717) is 11.7 Å². The second-order valence-electron chi connectivity index (χ2n) is 8.68. The summed E-state index contributed by atoms with van der Waals surface area (Å²) in [6.07, 6.45) is 4.43. The lowest BCUT2D eigenvalue weighted by Crippen LogP contribution is -2.39. The van der Waals surface area contributed by atoms with Gasteiger partial charge in [-0.25, -0.2) is 0 Å². The molecule has 0 spiro atoms. The van der Waals surface area contributed by atoms with E-state index in [9.17, 15) is 4.79 Å². The Labute approximate surface area is 196 Å². The van der Waals surface area contributed by atoms with Gasteiger partial charge in [0.25, 0.3) is 11.8 Å². The molecular weight excluding hydrogens is 430 g/mol. The van der Waals surface area contributed by atoms with E-state index in [1.165, 1.54) is 18.4 Å².